The van der Waals surface area contributed by atoms with Crippen molar-refractivity contribution in [2.45, 2.75) is 12.3 Å². The maximum atomic E-state index is 6.53. The maximum Gasteiger partial charge on any atom is 0.0855 e. The Balaban J connectivity index is 2.43. The van der Waals surface area contributed by atoms with Crippen LogP contribution in [-0.2, 0) is 0 Å². The molecule has 0 fully saturated rings. The van der Waals surface area contributed by atoms with E-state index in [-0.39, 0.29) is 5.38 Å². The Bertz CT molecular complexity index is 553. The van der Waals surface area contributed by atoms with Gasteiger partial charge in [-0.05, 0) is 69.8 Å². The molecule has 0 aliphatic rings. The largest absolute Gasteiger partial charge is 0.137 e. The predicted octanol–water partition coefficient (Wildman–Crippen LogP) is 6.51. The minimum absolute atomic E-state index is 0.110. The first-order valence-electron chi connectivity index (χ1n) is 4.82. The lowest BCUT2D eigenvalue weighted by molar-refractivity contribution is 1.13. The molecule has 0 saturated carbocycles. The van der Waals surface area contributed by atoms with Gasteiger partial charge in [-0.15, -0.1) is 22.9 Å². The summed E-state index contributed by atoms with van der Waals surface area (Å²) in [4.78, 5) is 0. The summed E-state index contributed by atoms with van der Waals surface area (Å²) >= 11 is 17.7. The van der Waals surface area contributed by atoms with Gasteiger partial charge in [0.25, 0.3) is 0 Å². The quantitative estimate of drug-likeness (QED) is 0.322. The highest BCUT2D eigenvalue weighted by molar-refractivity contribution is 14.1. The van der Waals surface area contributed by atoms with E-state index in [4.69, 9.17) is 11.6 Å². The molecule has 2 rings (SSSR count). The second kappa shape index (κ2) is 5.90. The van der Waals surface area contributed by atoms with Crippen molar-refractivity contribution in [3.05, 3.63) is 52.1 Å². The fraction of sp³-hybridized carbons (Fsp3) is 0.167. The number of hydrogen-bond donors (Lipinski definition) is 0. The Hall–Kier alpha value is 0.900. The van der Waals surface area contributed by atoms with Crippen LogP contribution in [-0.4, -0.2) is 0 Å². The van der Waals surface area contributed by atoms with Gasteiger partial charge in [0.15, 0.2) is 0 Å². The van der Waals surface area contributed by atoms with Crippen molar-refractivity contribution < 1.29 is 0 Å². The van der Waals surface area contributed by atoms with Crippen LogP contribution in [0.1, 0.15) is 22.1 Å². The van der Waals surface area contributed by atoms with Gasteiger partial charge in [-0.1, -0.05) is 31.9 Å². The van der Waals surface area contributed by atoms with E-state index in [2.05, 4.69) is 85.0 Å². The van der Waals surface area contributed by atoms with Crippen LogP contribution in [0.2, 0.25) is 0 Å². The molecule has 0 radical (unpaired) electrons. The van der Waals surface area contributed by atoms with Crippen LogP contribution < -0.4 is 0 Å². The third kappa shape index (κ3) is 3.26. The first-order valence-corrected chi connectivity index (χ1v) is 8.80. The molecule has 2 aromatic rings. The van der Waals surface area contributed by atoms with Crippen LogP contribution in [0.5, 0.6) is 0 Å². The molecule has 0 aliphatic heterocycles. The molecule has 1 heterocycles. The van der Waals surface area contributed by atoms with Crippen molar-refractivity contribution in [3.8, 4) is 0 Å². The fourth-order valence-electron chi connectivity index (χ4n) is 1.49. The summed E-state index contributed by atoms with van der Waals surface area (Å²) < 4.78 is 3.40. The summed E-state index contributed by atoms with van der Waals surface area (Å²) in [6, 6.07) is 6.30. The number of hydrogen-bond acceptors (Lipinski definition) is 1. The molecule has 1 atom stereocenters. The van der Waals surface area contributed by atoms with Crippen molar-refractivity contribution >= 4 is 77.4 Å². The standard InChI is InChI=1S/C12H8Br2ClIS/c1-6-2-10(14)8(4-9(6)13)12(15)7-3-11(16)17-5-7/h2-5,12H,1H3. The molecule has 5 heteroatoms. The number of alkyl halides is 1. The van der Waals surface area contributed by atoms with E-state index >= 15 is 0 Å². The summed E-state index contributed by atoms with van der Waals surface area (Å²) in [6.45, 7) is 2.06. The molecule has 90 valence electrons. The second-order valence-corrected chi connectivity index (χ2v) is 8.62. The van der Waals surface area contributed by atoms with Crippen molar-refractivity contribution in [2.75, 3.05) is 0 Å². The summed E-state index contributed by atoms with van der Waals surface area (Å²) in [6.07, 6.45) is 0. The van der Waals surface area contributed by atoms with Crippen molar-refractivity contribution in [1.29, 1.82) is 0 Å². The van der Waals surface area contributed by atoms with Crippen LogP contribution in [0.3, 0.4) is 0 Å². The number of aryl methyl sites for hydroxylation is 1. The zero-order valence-electron chi connectivity index (χ0n) is 8.81. The zero-order valence-corrected chi connectivity index (χ0v) is 15.7. The Morgan fingerprint density at radius 3 is 2.53 bits per heavy atom. The molecule has 17 heavy (non-hydrogen) atoms. The Morgan fingerprint density at radius 1 is 1.24 bits per heavy atom. The van der Waals surface area contributed by atoms with E-state index in [1.807, 2.05) is 0 Å². The minimum Gasteiger partial charge on any atom is -0.137 e. The highest BCUT2D eigenvalue weighted by Gasteiger charge is 2.16. The molecule has 0 aliphatic carbocycles. The summed E-state index contributed by atoms with van der Waals surface area (Å²) in [7, 11) is 0. The lowest BCUT2D eigenvalue weighted by atomic mass is 10.1. The molecular weight excluding hydrogens is 498 g/mol. The summed E-state index contributed by atoms with van der Waals surface area (Å²) in [5.74, 6) is 0. The molecule has 1 aromatic carbocycles. The molecular formula is C12H8Br2ClIS. The van der Waals surface area contributed by atoms with Gasteiger partial charge in [-0.25, -0.2) is 0 Å². The molecule has 0 N–H and O–H groups in total. The second-order valence-electron chi connectivity index (χ2n) is 3.67. The fourth-order valence-corrected chi connectivity index (χ4v) is 4.45. The van der Waals surface area contributed by atoms with E-state index in [0.29, 0.717) is 0 Å². The van der Waals surface area contributed by atoms with E-state index < -0.39 is 0 Å². The molecule has 0 bridgehead atoms. The van der Waals surface area contributed by atoms with Crippen LogP contribution in [0.25, 0.3) is 0 Å². The zero-order chi connectivity index (χ0) is 12.6. The number of thiophene rings is 1. The van der Waals surface area contributed by atoms with Crippen LogP contribution in [0, 0.1) is 9.81 Å². The third-order valence-electron chi connectivity index (χ3n) is 2.43. The molecule has 0 spiro atoms. The van der Waals surface area contributed by atoms with Gasteiger partial charge in [0.05, 0.1) is 8.26 Å². The maximum absolute atomic E-state index is 6.53. The SMILES string of the molecule is Cc1cc(Br)c(C(Cl)c2csc(I)c2)cc1Br. The van der Waals surface area contributed by atoms with E-state index in [0.717, 1.165) is 20.1 Å². The first kappa shape index (κ1) is 14.3. The summed E-state index contributed by atoms with van der Waals surface area (Å²) in [5, 5.41) is 2.00. The lowest BCUT2D eigenvalue weighted by Gasteiger charge is -2.12. The van der Waals surface area contributed by atoms with Crippen LogP contribution in [0.15, 0.2) is 32.5 Å². The highest BCUT2D eigenvalue weighted by atomic mass is 127. The number of halogens is 4. The smallest absolute Gasteiger partial charge is 0.0855 e. The number of benzene rings is 1. The minimum atomic E-state index is -0.110. The van der Waals surface area contributed by atoms with Crippen LogP contribution in [0.4, 0.5) is 0 Å². The average Bonchev–Trinajstić information content (AvgIpc) is 2.69. The highest BCUT2D eigenvalue weighted by Crippen LogP contribution is 2.38. The van der Waals surface area contributed by atoms with Gasteiger partial charge in [-0.2, -0.15) is 0 Å². The predicted molar refractivity (Wildman–Crippen MR) is 91.3 cm³/mol. The molecule has 1 aromatic heterocycles. The lowest BCUT2D eigenvalue weighted by Crippen LogP contribution is -1.94. The molecule has 0 amide bonds. The average molecular weight is 506 g/mol. The molecule has 0 nitrogen and oxygen atoms in total. The van der Waals surface area contributed by atoms with E-state index in [9.17, 15) is 0 Å². The summed E-state index contributed by atoms with van der Waals surface area (Å²) in [5.41, 5.74) is 3.44. The Labute approximate surface area is 140 Å². The van der Waals surface area contributed by atoms with E-state index in [1.54, 1.807) is 11.3 Å². The van der Waals surface area contributed by atoms with Gasteiger partial charge in [0, 0.05) is 8.95 Å². The van der Waals surface area contributed by atoms with Crippen molar-refractivity contribution in [3.63, 3.8) is 0 Å². The normalized spacial score (nSPS) is 12.8. The molecule has 1 unspecified atom stereocenters. The number of rotatable bonds is 2. The van der Waals surface area contributed by atoms with Gasteiger partial charge in [-0.3, -0.25) is 0 Å². The monoisotopic (exact) mass is 504 g/mol. The van der Waals surface area contributed by atoms with E-state index in [1.165, 1.54) is 8.45 Å². The third-order valence-corrected chi connectivity index (χ3v) is 6.27. The Kier molecular flexibility index (Phi) is 4.97. The topological polar surface area (TPSA) is 0 Å². The van der Waals surface area contributed by atoms with Gasteiger partial charge in [0.1, 0.15) is 0 Å². The van der Waals surface area contributed by atoms with Gasteiger partial charge < -0.3 is 0 Å². The van der Waals surface area contributed by atoms with Gasteiger partial charge >= 0.3 is 0 Å². The van der Waals surface area contributed by atoms with Crippen molar-refractivity contribution in [2.24, 2.45) is 0 Å². The van der Waals surface area contributed by atoms with Crippen LogP contribution >= 0.6 is 77.4 Å². The Morgan fingerprint density at radius 2 is 1.94 bits per heavy atom. The van der Waals surface area contributed by atoms with Gasteiger partial charge in [0.2, 0.25) is 0 Å². The van der Waals surface area contributed by atoms with Crippen molar-refractivity contribution in [1.82, 2.24) is 0 Å². The molecule has 0 saturated heterocycles. The first-order chi connectivity index (χ1) is 7.99.